The minimum atomic E-state index is -0.175. The number of aryl methyl sites for hydroxylation is 1. The van der Waals surface area contributed by atoms with Crippen molar-refractivity contribution in [2.24, 2.45) is 0 Å². The summed E-state index contributed by atoms with van der Waals surface area (Å²) in [7, 11) is 1.59. The second kappa shape index (κ2) is 9.68. The Morgan fingerprint density at radius 2 is 1.76 bits per heavy atom. The van der Waals surface area contributed by atoms with E-state index >= 15 is 0 Å². The summed E-state index contributed by atoms with van der Waals surface area (Å²) in [5.74, 6) is 1.18. The van der Waals surface area contributed by atoms with Crippen molar-refractivity contribution in [2.75, 3.05) is 7.11 Å². The van der Waals surface area contributed by atoms with E-state index in [4.69, 9.17) is 32.7 Å². The minimum absolute atomic E-state index is 0.175. The number of carbonyl (C=O) groups is 1. The van der Waals surface area contributed by atoms with Gasteiger partial charge in [-0.05, 0) is 66.6 Å². The van der Waals surface area contributed by atoms with Crippen molar-refractivity contribution in [3.05, 3.63) is 93.0 Å². The summed E-state index contributed by atoms with van der Waals surface area (Å²) >= 11 is 11.9. The number of halogens is 2. The fourth-order valence-corrected chi connectivity index (χ4v) is 3.03. The average Bonchev–Trinajstić information content (AvgIpc) is 2.73. The van der Waals surface area contributed by atoms with Gasteiger partial charge in [0.2, 0.25) is 0 Å². The molecule has 1 amide bonds. The smallest absolute Gasteiger partial charge is 0.251 e. The molecule has 0 saturated heterocycles. The highest BCUT2D eigenvalue weighted by atomic mass is 35.5. The topological polar surface area (TPSA) is 47.6 Å². The van der Waals surface area contributed by atoms with Crippen LogP contribution in [0.15, 0.2) is 60.7 Å². The molecule has 0 aromatic heterocycles. The van der Waals surface area contributed by atoms with Crippen LogP contribution < -0.4 is 14.8 Å². The molecule has 150 valence electrons. The minimum Gasteiger partial charge on any atom is -0.496 e. The molecule has 3 rings (SSSR count). The van der Waals surface area contributed by atoms with Gasteiger partial charge < -0.3 is 14.8 Å². The number of carbonyl (C=O) groups excluding carboxylic acids is 1. The number of nitrogens with one attached hydrogen (secondary N) is 1. The van der Waals surface area contributed by atoms with Crippen LogP contribution in [-0.4, -0.2) is 13.0 Å². The zero-order valence-electron chi connectivity index (χ0n) is 16.2. The molecule has 3 aromatic rings. The molecule has 0 unspecified atom stereocenters. The second-order valence-electron chi connectivity index (χ2n) is 6.54. The Balaban J connectivity index is 1.69. The molecule has 0 aliphatic carbocycles. The van der Waals surface area contributed by atoms with Gasteiger partial charge in [-0.1, -0.05) is 35.3 Å². The zero-order chi connectivity index (χ0) is 20.8. The number of ether oxygens (including phenoxy) is 2. The summed E-state index contributed by atoms with van der Waals surface area (Å²) in [6.07, 6.45) is 0. The molecule has 0 aliphatic rings. The van der Waals surface area contributed by atoms with Gasteiger partial charge in [0.05, 0.1) is 7.11 Å². The van der Waals surface area contributed by atoms with Crippen molar-refractivity contribution in [2.45, 2.75) is 20.1 Å². The number of benzene rings is 3. The first kappa shape index (κ1) is 21.0. The molecule has 6 heteroatoms. The van der Waals surface area contributed by atoms with E-state index in [1.54, 1.807) is 43.5 Å². The number of amides is 1. The Morgan fingerprint density at radius 3 is 2.45 bits per heavy atom. The van der Waals surface area contributed by atoms with Crippen LogP contribution in [-0.2, 0) is 13.2 Å². The van der Waals surface area contributed by atoms with Crippen LogP contribution in [0.5, 0.6) is 11.5 Å². The predicted molar refractivity (Wildman–Crippen MR) is 116 cm³/mol. The SMILES string of the molecule is COc1ccc(C(=O)NCc2ccc(Cl)cc2)cc1COc1ccc(Cl)c(C)c1. The second-order valence-corrected chi connectivity index (χ2v) is 7.38. The van der Waals surface area contributed by atoms with Gasteiger partial charge in [0, 0.05) is 27.7 Å². The van der Waals surface area contributed by atoms with Crippen LogP contribution in [0, 0.1) is 6.92 Å². The molecule has 0 aliphatic heterocycles. The van der Waals surface area contributed by atoms with Gasteiger partial charge >= 0.3 is 0 Å². The summed E-state index contributed by atoms with van der Waals surface area (Å²) in [4.78, 5) is 12.6. The van der Waals surface area contributed by atoms with Crippen LogP contribution in [0.25, 0.3) is 0 Å². The summed E-state index contributed by atoms with van der Waals surface area (Å²) in [6.45, 7) is 2.60. The van der Waals surface area contributed by atoms with Crippen molar-refractivity contribution in [3.63, 3.8) is 0 Å². The maximum Gasteiger partial charge on any atom is 0.251 e. The number of methoxy groups -OCH3 is 1. The Kier molecular flexibility index (Phi) is 7.02. The molecular weight excluding hydrogens is 409 g/mol. The highest BCUT2D eigenvalue weighted by molar-refractivity contribution is 6.31. The third-order valence-corrected chi connectivity index (χ3v) is 5.11. The van der Waals surface area contributed by atoms with Crippen LogP contribution >= 0.6 is 23.2 Å². The van der Waals surface area contributed by atoms with Crippen LogP contribution in [0.2, 0.25) is 10.0 Å². The lowest BCUT2D eigenvalue weighted by molar-refractivity contribution is 0.0950. The molecule has 29 heavy (non-hydrogen) atoms. The molecule has 0 spiro atoms. The van der Waals surface area contributed by atoms with Gasteiger partial charge in [0.25, 0.3) is 5.91 Å². The number of rotatable bonds is 7. The van der Waals surface area contributed by atoms with Gasteiger partial charge in [-0.2, -0.15) is 0 Å². The largest absolute Gasteiger partial charge is 0.496 e. The van der Waals surface area contributed by atoms with E-state index in [9.17, 15) is 4.79 Å². The highest BCUT2D eigenvalue weighted by Crippen LogP contribution is 2.25. The summed E-state index contributed by atoms with van der Waals surface area (Å²) < 4.78 is 11.3. The van der Waals surface area contributed by atoms with Crippen LogP contribution in [0.1, 0.15) is 27.0 Å². The Labute approximate surface area is 180 Å². The van der Waals surface area contributed by atoms with Crippen molar-refractivity contribution in [1.82, 2.24) is 5.32 Å². The fraction of sp³-hybridized carbons (Fsp3) is 0.174. The number of hydrogen-bond acceptors (Lipinski definition) is 3. The van der Waals surface area contributed by atoms with Gasteiger partial charge in [-0.15, -0.1) is 0 Å². The lowest BCUT2D eigenvalue weighted by Crippen LogP contribution is -2.23. The fourth-order valence-electron chi connectivity index (χ4n) is 2.79. The normalized spacial score (nSPS) is 10.5. The Morgan fingerprint density at radius 1 is 1.00 bits per heavy atom. The molecular formula is C23H21Cl2NO3. The third-order valence-electron chi connectivity index (χ3n) is 4.43. The van der Waals surface area contributed by atoms with Crippen LogP contribution in [0.3, 0.4) is 0 Å². The molecule has 3 aromatic carbocycles. The average molecular weight is 430 g/mol. The van der Waals surface area contributed by atoms with E-state index in [1.807, 2.05) is 31.2 Å². The highest BCUT2D eigenvalue weighted by Gasteiger charge is 2.11. The van der Waals surface area contributed by atoms with Crippen molar-refractivity contribution < 1.29 is 14.3 Å². The van der Waals surface area contributed by atoms with E-state index in [1.165, 1.54) is 0 Å². The first-order valence-corrected chi connectivity index (χ1v) is 9.80. The van der Waals surface area contributed by atoms with E-state index in [0.29, 0.717) is 33.7 Å². The van der Waals surface area contributed by atoms with E-state index < -0.39 is 0 Å². The predicted octanol–water partition coefficient (Wildman–Crippen LogP) is 5.82. The maximum absolute atomic E-state index is 12.6. The molecule has 0 fully saturated rings. The lowest BCUT2D eigenvalue weighted by atomic mass is 10.1. The van der Waals surface area contributed by atoms with Gasteiger partial charge in [-0.25, -0.2) is 0 Å². The monoisotopic (exact) mass is 429 g/mol. The van der Waals surface area contributed by atoms with E-state index in [2.05, 4.69) is 5.32 Å². The Bertz CT molecular complexity index is 1000. The summed E-state index contributed by atoms with van der Waals surface area (Å²) in [5, 5.41) is 4.26. The zero-order valence-corrected chi connectivity index (χ0v) is 17.7. The van der Waals surface area contributed by atoms with Crippen molar-refractivity contribution in [3.8, 4) is 11.5 Å². The van der Waals surface area contributed by atoms with E-state index in [0.717, 1.165) is 16.7 Å². The van der Waals surface area contributed by atoms with Crippen LogP contribution in [0.4, 0.5) is 0 Å². The van der Waals surface area contributed by atoms with Crippen molar-refractivity contribution in [1.29, 1.82) is 0 Å². The lowest BCUT2D eigenvalue weighted by Gasteiger charge is -2.13. The molecule has 0 heterocycles. The Hall–Kier alpha value is -2.69. The van der Waals surface area contributed by atoms with E-state index in [-0.39, 0.29) is 12.5 Å². The molecule has 0 saturated carbocycles. The first-order valence-electron chi connectivity index (χ1n) is 9.05. The number of hydrogen-bond donors (Lipinski definition) is 1. The van der Waals surface area contributed by atoms with Gasteiger partial charge in [0.1, 0.15) is 18.1 Å². The maximum atomic E-state index is 12.6. The van der Waals surface area contributed by atoms with Gasteiger partial charge in [-0.3, -0.25) is 4.79 Å². The molecule has 0 radical (unpaired) electrons. The first-order chi connectivity index (χ1) is 14.0. The van der Waals surface area contributed by atoms with Gasteiger partial charge in [0.15, 0.2) is 0 Å². The third kappa shape index (κ3) is 5.66. The standard InChI is InChI=1S/C23H21Cl2NO3/c1-15-11-20(8-9-21(15)25)29-14-18-12-17(5-10-22(18)28-2)23(27)26-13-16-3-6-19(24)7-4-16/h3-12H,13-14H2,1-2H3,(H,26,27). The molecule has 4 nitrogen and oxygen atoms in total. The summed E-state index contributed by atoms with van der Waals surface area (Å²) in [6, 6.07) is 18.1. The summed E-state index contributed by atoms with van der Waals surface area (Å²) in [5.41, 5.74) is 3.22. The molecule has 1 N–H and O–H groups in total. The molecule has 0 bridgehead atoms. The van der Waals surface area contributed by atoms with Crippen molar-refractivity contribution >= 4 is 29.1 Å². The quantitative estimate of drug-likeness (QED) is 0.514. The molecule has 0 atom stereocenters.